The number of aliphatic hydroxyl groups is 1. The molecule has 1 unspecified atom stereocenters. The summed E-state index contributed by atoms with van der Waals surface area (Å²) in [5.41, 5.74) is 1.28. The average molecular weight is 387 g/mol. The van der Waals surface area contributed by atoms with Gasteiger partial charge in [0.2, 0.25) is 5.91 Å². The van der Waals surface area contributed by atoms with Gasteiger partial charge in [0.05, 0.1) is 18.7 Å². The van der Waals surface area contributed by atoms with Crippen LogP contribution in [0.4, 0.5) is 0 Å². The molecule has 0 saturated carbocycles. The van der Waals surface area contributed by atoms with Gasteiger partial charge in [0.15, 0.2) is 0 Å². The van der Waals surface area contributed by atoms with Crippen molar-refractivity contribution in [2.45, 2.75) is 18.9 Å². The highest BCUT2D eigenvalue weighted by Gasteiger charge is 2.24. The van der Waals surface area contributed by atoms with Gasteiger partial charge in [0.1, 0.15) is 10.6 Å². The van der Waals surface area contributed by atoms with Crippen LogP contribution < -0.4 is 5.32 Å². The van der Waals surface area contributed by atoms with Crippen molar-refractivity contribution in [2.24, 2.45) is 0 Å². The van der Waals surface area contributed by atoms with Crippen molar-refractivity contribution in [3.05, 3.63) is 76.3 Å². The highest BCUT2D eigenvalue weighted by molar-refractivity contribution is 7.13. The third kappa shape index (κ3) is 4.69. The third-order valence-corrected chi connectivity index (χ3v) is 5.20. The van der Waals surface area contributed by atoms with Crippen molar-refractivity contribution in [3.8, 4) is 10.6 Å². The number of rotatable bonds is 6. The van der Waals surface area contributed by atoms with Gasteiger partial charge in [-0.2, -0.15) is 0 Å². The molecule has 134 valence electrons. The maximum Gasteiger partial charge on any atom is 0.226 e. The Morgan fingerprint density at radius 1 is 1.19 bits per heavy atom. The van der Waals surface area contributed by atoms with Crippen LogP contribution in [0, 0.1) is 0 Å². The Labute approximate surface area is 161 Å². The standard InChI is InChI=1S/C20H19ClN2O2S/c1-20(25,15-7-9-16(21)10-8-15)13-22-18(24)11-17-12-26-19(23-17)14-5-3-2-4-6-14/h2-10,12,25H,11,13H2,1H3,(H,22,24). The van der Waals surface area contributed by atoms with Gasteiger partial charge in [0, 0.05) is 16.0 Å². The third-order valence-electron chi connectivity index (χ3n) is 4.01. The first-order valence-corrected chi connectivity index (χ1v) is 9.45. The molecule has 26 heavy (non-hydrogen) atoms. The van der Waals surface area contributed by atoms with E-state index in [1.54, 1.807) is 31.2 Å². The summed E-state index contributed by atoms with van der Waals surface area (Å²) in [5, 5.41) is 16.7. The Kier molecular flexibility index (Phi) is 5.71. The second-order valence-electron chi connectivity index (χ2n) is 6.24. The Morgan fingerprint density at radius 3 is 2.58 bits per heavy atom. The van der Waals surface area contributed by atoms with Crippen LogP contribution in [0.15, 0.2) is 60.0 Å². The maximum absolute atomic E-state index is 12.2. The van der Waals surface area contributed by atoms with Crippen LogP contribution in [0.2, 0.25) is 5.02 Å². The van der Waals surface area contributed by atoms with E-state index in [4.69, 9.17) is 11.6 Å². The second-order valence-corrected chi connectivity index (χ2v) is 7.54. The topological polar surface area (TPSA) is 62.2 Å². The zero-order valence-corrected chi connectivity index (χ0v) is 15.8. The molecule has 6 heteroatoms. The van der Waals surface area contributed by atoms with Crippen LogP contribution in [0.25, 0.3) is 10.6 Å². The van der Waals surface area contributed by atoms with Crippen LogP contribution in [0.1, 0.15) is 18.2 Å². The zero-order valence-electron chi connectivity index (χ0n) is 14.3. The molecular weight excluding hydrogens is 368 g/mol. The second kappa shape index (κ2) is 7.99. The lowest BCUT2D eigenvalue weighted by molar-refractivity contribution is -0.121. The average Bonchev–Trinajstić information content (AvgIpc) is 3.10. The highest BCUT2D eigenvalue weighted by Crippen LogP contribution is 2.24. The molecule has 0 aliphatic rings. The Morgan fingerprint density at radius 2 is 1.88 bits per heavy atom. The summed E-state index contributed by atoms with van der Waals surface area (Å²) in [6.45, 7) is 1.77. The van der Waals surface area contributed by atoms with Gasteiger partial charge in [0.25, 0.3) is 0 Å². The Hall–Kier alpha value is -2.21. The minimum Gasteiger partial charge on any atom is -0.384 e. The molecule has 0 fully saturated rings. The molecule has 0 aliphatic carbocycles. The molecule has 1 heterocycles. The lowest BCUT2D eigenvalue weighted by Crippen LogP contribution is -2.39. The summed E-state index contributed by atoms with van der Waals surface area (Å²) in [4.78, 5) is 16.7. The first-order valence-electron chi connectivity index (χ1n) is 8.19. The number of thiazole rings is 1. The van der Waals surface area contributed by atoms with Crippen LogP contribution in [-0.2, 0) is 16.8 Å². The summed E-state index contributed by atoms with van der Waals surface area (Å²) in [7, 11) is 0. The van der Waals surface area contributed by atoms with Crippen LogP contribution in [0.3, 0.4) is 0 Å². The fourth-order valence-electron chi connectivity index (χ4n) is 2.51. The molecule has 3 rings (SSSR count). The SMILES string of the molecule is CC(O)(CNC(=O)Cc1csc(-c2ccccc2)n1)c1ccc(Cl)cc1. The zero-order chi connectivity index (χ0) is 18.6. The van der Waals surface area contributed by atoms with E-state index in [-0.39, 0.29) is 18.9 Å². The molecule has 0 saturated heterocycles. The number of nitrogens with one attached hydrogen (secondary N) is 1. The van der Waals surface area contributed by atoms with Gasteiger partial charge in [-0.15, -0.1) is 11.3 Å². The Balaban J connectivity index is 1.57. The van der Waals surface area contributed by atoms with Crippen LogP contribution in [0.5, 0.6) is 0 Å². The summed E-state index contributed by atoms with van der Waals surface area (Å²) >= 11 is 7.38. The molecule has 0 aliphatic heterocycles. The van der Waals surface area contributed by atoms with Crippen LogP contribution >= 0.6 is 22.9 Å². The molecule has 1 amide bonds. The fraction of sp³-hybridized carbons (Fsp3) is 0.200. The van der Waals surface area contributed by atoms with Gasteiger partial charge in [-0.1, -0.05) is 54.1 Å². The quantitative estimate of drug-likeness (QED) is 0.672. The van der Waals surface area contributed by atoms with Crippen molar-refractivity contribution in [1.82, 2.24) is 10.3 Å². The number of aromatic nitrogens is 1. The van der Waals surface area contributed by atoms with Crippen molar-refractivity contribution in [2.75, 3.05) is 6.54 Å². The molecule has 4 nitrogen and oxygen atoms in total. The van der Waals surface area contributed by atoms with E-state index in [0.717, 1.165) is 16.3 Å². The van der Waals surface area contributed by atoms with E-state index in [1.807, 2.05) is 35.7 Å². The monoisotopic (exact) mass is 386 g/mol. The highest BCUT2D eigenvalue weighted by atomic mass is 35.5. The van der Waals surface area contributed by atoms with Gasteiger partial charge < -0.3 is 10.4 Å². The lowest BCUT2D eigenvalue weighted by atomic mass is 9.96. The molecule has 2 aromatic carbocycles. The molecule has 1 atom stereocenters. The van der Waals surface area contributed by atoms with Gasteiger partial charge in [-0.05, 0) is 24.6 Å². The number of nitrogens with zero attached hydrogens (tertiary/aromatic N) is 1. The molecule has 1 aromatic heterocycles. The van der Waals surface area contributed by atoms with Crippen molar-refractivity contribution in [1.29, 1.82) is 0 Å². The summed E-state index contributed by atoms with van der Waals surface area (Å²) < 4.78 is 0. The van der Waals surface area contributed by atoms with Gasteiger partial charge >= 0.3 is 0 Å². The first-order chi connectivity index (χ1) is 12.4. The predicted molar refractivity (Wildman–Crippen MR) is 105 cm³/mol. The number of halogens is 1. The summed E-state index contributed by atoms with van der Waals surface area (Å²) in [6.07, 6.45) is 0.181. The largest absolute Gasteiger partial charge is 0.384 e. The molecule has 0 radical (unpaired) electrons. The van der Waals surface area contributed by atoms with E-state index in [2.05, 4.69) is 10.3 Å². The Bertz CT molecular complexity index is 876. The first kappa shape index (κ1) is 18.6. The van der Waals surface area contributed by atoms with Gasteiger partial charge in [-0.25, -0.2) is 4.98 Å². The minimum atomic E-state index is -1.17. The summed E-state index contributed by atoms with van der Waals surface area (Å²) in [5.74, 6) is -0.177. The number of carbonyl (C=O) groups excluding carboxylic acids is 1. The number of amides is 1. The lowest BCUT2D eigenvalue weighted by Gasteiger charge is -2.24. The maximum atomic E-state index is 12.2. The van der Waals surface area contributed by atoms with Crippen molar-refractivity contribution >= 4 is 28.8 Å². The number of benzene rings is 2. The van der Waals surface area contributed by atoms with E-state index in [1.165, 1.54) is 11.3 Å². The van der Waals surface area contributed by atoms with Crippen molar-refractivity contribution in [3.63, 3.8) is 0 Å². The molecule has 3 aromatic rings. The summed E-state index contributed by atoms with van der Waals surface area (Å²) in [6, 6.07) is 16.8. The van der Waals surface area contributed by atoms with E-state index < -0.39 is 5.60 Å². The minimum absolute atomic E-state index is 0.114. The van der Waals surface area contributed by atoms with Gasteiger partial charge in [-0.3, -0.25) is 4.79 Å². The molecular formula is C20H19ClN2O2S. The fourth-order valence-corrected chi connectivity index (χ4v) is 3.46. The van der Waals surface area contributed by atoms with E-state index >= 15 is 0 Å². The van der Waals surface area contributed by atoms with E-state index in [0.29, 0.717) is 10.6 Å². The van der Waals surface area contributed by atoms with Crippen LogP contribution in [-0.4, -0.2) is 22.5 Å². The molecule has 2 N–H and O–H groups in total. The number of carbonyl (C=O) groups is 1. The number of hydrogen-bond acceptors (Lipinski definition) is 4. The normalized spacial score (nSPS) is 13.2. The predicted octanol–water partition coefficient (Wildman–Crippen LogP) is 4.03. The molecule has 0 spiro atoms. The van der Waals surface area contributed by atoms with E-state index in [9.17, 15) is 9.90 Å². The molecule has 0 bridgehead atoms. The smallest absolute Gasteiger partial charge is 0.226 e. The number of hydrogen-bond donors (Lipinski definition) is 2. The van der Waals surface area contributed by atoms with Crippen molar-refractivity contribution < 1.29 is 9.90 Å².